The van der Waals surface area contributed by atoms with Gasteiger partial charge in [0.1, 0.15) is 6.29 Å². The molecule has 0 radical (unpaired) electrons. The molecule has 1 aliphatic heterocycles. The van der Waals surface area contributed by atoms with Gasteiger partial charge in [-0.3, -0.25) is 0 Å². The summed E-state index contributed by atoms with van der Waals surface area (Å²) in [4.78, 5) is 12.8. The zero-order chi connectivity index (χ0) is 9.90. The quantitative estimate of drug-likeness (QED) is 0.620. The van der Waals surface area contributed by atoms with E-state index in [1.54, 1.807) is 0 Å². The summed E-state index contributed by atoms with van der Waals surface area (Å²) in [6.45, 7) is 3.94. The van der Waals surface area contributed by atoms with Gasteiger partial charge in [-0.25, -0.2) is 0 Å². The number of allylic oxidation sites excluding steroid dienone is 2. The lowest BCUT2D eigenvalue weighted by Gasteiger charge is -2.22. The lowest BCUT2D eigenvalue weighted by atomic mass is 9.86. The second-order valence-corrected chi connectivity index (χ2v) is 4.32. The van der Waals surface area contributed by atoms with Crippen LogP contribution in [0.5, 0.6) is 0 Å². The highest BCUT2D eigenvalue weighted by molar-refractivity contribution is 5.58. The van der Waals surface area contributed by atoms with Crippen molar-refractivity contribution < 1.29 is 4.79 Å². The van der Waals surface area contributed by atoms with E-state index in [0.29, 0.717) is 0 Å². The Morgan fingerprint density at radius 1 is 1.62 bits per heavy atom. The van der Waals surface area contributed by atoms with Gasteiger partial charge in [-0.15, -0.1) is 0 Å². The van der Waals surface area contributed by atoms with Crippen LogP contribution in [0.25, 0.3) is 0 Å². The molecule has 0 unspecified atom stereocenters. The van der Waals surface area contributed by atoms with E-state index < -0.39 is 0 Å². The fraction of sp³-hybridized carbons (Fsp3) is 0.545. The van der Waals surface area contributed by atoms with Crippen LogP contribution in [-0.4, -0.2) is 18.2 Å². The molecule has 0 bridgehead atoms. The molecular weight excluding hydrogens is 162 g/mol. The molecule has 1 heterocycles. The fourth-order valence-corrected chi connectivity index (χ4v) is 1.50. The molecule has 0 aromatic rings. The van der Waals surface area contributed by atoms with Gasteiger partial charge in [-0.05, 0) is 24.6 Å². The second kappa shape index (κ2) is 3.77. The highest BCUT2D eigenvalue weighted by Gasteiger charge is 2.18. The van der Waals surface area contributed by atoms with Gasteiger partial charge >= 0.3 is 0 Å². The molecule has 0 saturated heterocycles. The number of carbonyl (C=O) groups is 1. The zero-order valence-electron chi connectivity index (χ0n) is 8.58. The molecule has 0 aromatic heterocycles. The van der Waals surface area contributed by atoms with E-state index in [4.69, 9.17) is 0 Å². The second-order valence-electron chi connectivity index (χ2n) is 4.32. The Morgan fingerprint density at radius 3 is 2.85 bits per heavy atom. The summed E-state index contributed by atoms with van der Waals surface area (Å²) in [5.74, 6) is 0. The summed E-state index contributed by atoms with van der Waals surface area (Å²) >= 11 is 0. The molecule has 72 valence electrons. The van der Waals surface area contributed by atoms with Crippen molar-refractivity contribution in [1.29, 1.82) is 0 Å². The molecule has 0 N–H and O–H groups in total. The zero-order valence-corrected chi connectivity index (χ0v) is 8.58. The molecule has 2 nitrogen and oxygen atoms in total. The molecule has 0 amide bonds. The standard InChI is InChI=1S/C11H17NO/c1-11(2,9-13)7-10-5-4-6-12(3)8-10/h4,6,8-9H,5,7H2,1-3H3. The number of hydrogen-bond acceptors (Lipinski definition) is 2. The summed E-state index contributed by atoms with van der Waals surface area (Å²) in [6, 6.07) is 0. The first kappa shape index (κ1) is 10.0. The molecular formula is C11H17NO. The SMILES string of the molecule is CN1C=CCC(CC(C)(C)C=O)=C1. The smallest absolute Gasteiger partial charge is 0.125 e. The lowest BCUT2D eigenvalue weighted by Crippen LogP contribution is -2.16. The molecule has 0 fully saturated rings. The number of carbonyl (C=O) groups excluding carboxylic acids is 1. The van der Waals surface area contributed by atoms with Gasteiger partial charge in [-0.1, -0.05) is 19.9 Å². The Kier molecular flexibility index (Phi) is 2.91. The monoisotopic (exact) mass is 179 g/mol. The van der Waals surface area contributed by atoms with Crippen molar-refractivity contribution in [3.8, 4) is 0 Å². The van der Waals surface area contributed by atoms with Crippen LogP contribution < -0.4 is 0 Å². The third-order valence-electron chi connectivity index (χ3n) is 2.11. The summed E-state index contributed by atoms with van der Waals surface area (Å²) < 4.78 is 0. The normalized spacial score (nSPS) is 17.2. The maximum absolute atomic E-state index is 10.7. The summed E-state index contributed by atoms with van der Waals surface area (Å²) in [5, 5.41) is 0. The van der Waals surface area contributed by atoms with Crippen molar-refractivity contribution in [1.82, 2.24) is 4.90 Å². The van der Waals surface area contributed by atoms with Gasteiger partial charge in [0.2, 0.25) is 0 Å². The highest BCUT2D eigenvalue weighted by Crippen LogP contribution is 2.26. The Morgan fingerprint density at radius 2 is 2.31 bits per heavy atom. The van der Waals surface area contributed by atoms with E-state index in [-0.39, 0.29) is 5.41 Å². The number of rotatable bonds is 3. The Balaban J connectivity index is 2.60. The highest BCUT2D eigenvalue weighted by atomic mass is 16.1. The van der Waals surface area contributed by atoms with Crippen molar-refractivity contribution in [2.75, 3.05) is 7.05 Å². The minimum atomic E-state index is -0.224. The number of nitrogens with zero attached hydrogens (tertiary/aromatic N) is 1. The largest absolute Gasteiger partial charge is 0.358 e. The van der Waals surface area contributed by atoms with E-state index in [1.165, 1.54) is 5.57 Å². The van der Waals surface area contributed by atoms with E-state index in [2.05, 4.69) is 12.3 Å². The van der Waals surface area contributed by atoms with Gasteiger partial charge in [0.25, 0.3) is 0 Å². The summed E-state index contributed by atoms with van der Waals surface area (Å²) in [5.41, 5.74) is 1.10. The van der Waals surface area contributed by atoms with Crippen molar-refractivity contribution >= 4 is 6.29 Å². The Hall–Kier alpha value is -1.05. The average Bonchev–Trinajstić information content (AvgIpc) is 2.03. The third kappa shape index (κ3) is 3.05. The number of aldehydes is 1. The third-order valence-corrected chi connectivity index (χ3v) is 2.11. The first-order chi connectivity index (χ1) is 6.03. The van der Waals surface area contributed by atoms with Gasteiger partial charge in [0, 0.05) is 18.7 Å². The van der Waals surface area contributed by atoms with Crippen molar-refractivity contribution in [2.24, 2.45) is 5.41 Å². The average molecular weight is 179 g/mol. The van der Waals surface area contributed by atoms with Crippen LogP contribution in [0, 0.1) is 5.41 Å². The molecule has 0 atom stereocenters. The molecule has 0 aliphatic carbocycles. The van der Waals surface area contributed by atoms with Gasteiger partial charge in [-0.2, -0.15) is 0 Å². The number of hydrogen-bond donors (Lipinski definition) is 0. The molecule has 2 heteroatoms. The van der Waals surface area contributed by atoms with Gasteiger partial charge in [0.15, 0.2) is 0 Å². The Labute approximate surface area is 79.9 Å². The molecule has 0 saturated carbocycles. The van der Waals surface area contributed by atoms with Crippen LogP contribution in [0.2, 0.25) is 0 Å². The molecule has 0 aromatic carbocycles. The molecule has 1 aliphatic rings. The van der Waals surface area contributed by atoms with Crippen LogP contribution in [0.15, 0.2) is 24.0 Å². The van der Waals surface area contributed by atoms with Crippen LogP contribution in [0.3, 0.4) is 0 Å². The molecule has 0 spiro atoms. The predicted octanol–water partition coefficient (Wildman–Crippen LogP) is 2.33. The molecule has 13 heavy (non-hydrogen) atoms. The topological polar surface area (TPSA) is 20.3 Å². The van der Waals surface area contributed by atoms with Crippen molar-refractivity contribution in [2.45, 2.75) is 26.7 Å². The van der Waals surface area contributed by atoms with E-state index in [0.717, 1.165) is 19.1 Å². The molecule has 1 rings (SSSR count). The van der Waals surface area contributed by atoms with E-state index >= 15 is 0 Å². The van der Waals surface area contributed by atoms with Crippen LogP contribution in [0.1, 0.15) is 26.7 Å². The lowest BCUT2D eigenvalue weighted by molar-refractivity contribution is -0.114. The summed E-state index contributed by atoms with van der Waals surface area (Å²) in [7, 11) is 2.00. The van der Waals surface area contributed by atoms with Gasteiger partial charge in [0.05, 0.1) is 0 Å². The van der Waals surface area contributed by atoms with E-state index in [9.17, 15) is 4.79 Å². The van der Waals surface area contributed by atoms with Crippen LogP contribution in [-0.2, 0) is 4.79 Å². The van der Waals surface area contributed by atoms with Gasteiger partial charge < -0.3 is 9.69 Å². The fourth-order valence-electron chi connectivity index (χ4n) is 1.50. The first-order valence-electron chi connectivity index (χ1n) is 4.58. The van der Waals surface area contributed by atoms with Crippen LogP contribution >= 0.6 is 0 Å². The predicted molar refractivity (Wildman–Crippen MR) is 54.1 cm³/mol. The minimum absolute atomic E-state index is 0.224. The first-order valence-corrected chi connectivity index (χ1v) is 4.58. The minimum Gasteiger partial charge on any atom is -0.358 e. The van der Waals surface area contributed by atoms with Crippen molar-refractivity contribution in [3.63, 3.8) is 0 Å². The Bertz CT molecular complexity index is 251. The van der Waals surface area contributed by atoms with E-state index in [1.807, 2.05) is 32.0 Å². The van der Waals surface area contributed by atoms with Crippen LogP contribution in [0.4, 0.5) is 0 Å². The maximum atomic E-state index is 10.7. The van der Waals surface area contributed by atoms with Crippen molar-refractivity contribution in [3.05, 3.63) is 24.0 Å². The summed E-state index contributed by atoms with van der Waals surface area (Å²) in [6.07, 6.45) is 9.12. The maximum Gasteiger partial charge on any atom is 0.125 e.